The number of nitrogens with one attached hydrogen (secondary N) is 1. The van der Waals surface area contributed by atoms with Gasteiger partial charge in [-0.15, -0.1) is 0 Å². The fourth-order valence-corrected chi connectivity index (χ4v) is 2.74. The Kier molecular flexibility index (Phi) is 6.02. The van der Waals surface area contributed by atoms with Crippen molar-refractivity contribution in [1.82, 2.24) is 14.5 Å². The van der Waals surface area contributed by atoms with Crippen LogP contribution in [0.25, 0.3) is 11.0 Å². The van der Waals surface area contributed by atoms with Crippen molar-refractivity contribution in [2.45, 2.75) is 40.3 Å². The minimum absolute atomic E-state index is 0.00543. The van der Waals surface area contributed by atoms with Crippen LogP contribution in [0, 0.1) is 17.0 Å². The average molecular weight is 418 g/mol. The third-order valence-corrected chi connectivity index (χ3v) is 4.13. The average Bonchev–Trinajstić information content (AvgIpc) is 2.64. The third-order valence-electron chi connectivity index (χ3n) is 4.13. The zero-order chi connectivity index (χ0) is 22.1. The second-order valence-corrected chi connectivity index (χ2v) is 8.34. The highest BCUT2D eigenvalue weighted by atomic mass is 19.1. The first-order valence-electron chi connectivity index (χ1n) is 9.49. The summed E-state index contributed by atoms with van der Waals surface area (Å²) in [5.74, 6) is -1.83. The molecule has 3 aromatic rings. The lowest BCUT2D eigenvalue weighted by atomic mass is 9.97. The molecule has 2 heterocycles. The van der Waals surface area contributed by atoms with Gasteiger partial charge in [0.1, 0.15) is 11.5 Å². The lowest BCUT2D eigenvalue weighted by Gasteiger charge is -2.19. The first-order valence-corrected chi connectivity index (χ1v) is 9.49. The Balaban J connectivity index is 2.07. The Morgan fingerprint density at radius 1 is 1.23 bits per heavy atom. The highest BCUT2D eigenvalue weighted by Crippen LogP contribution is 2.25. The molecule has 0 aliphatic rings. The molecule has 9 heteroatoms. The van der Waals surface area contributed by atoms with E-state index < -0.39 is 23.3 Å². The van der Waals surface area contributed by atoms with Crippen LogP contribution in [-0.2, 0) is 6.54 Å². The van der Waals surface area contributed by atoms with Crippen LogP contribution in [0.15, 0.2) is 35.3 Å². The molecular formula is C21H24F2N4O3. The van der Waals surface area contributed by atoms with Crippen LogP contribution in [0.4, 0.5) is 14.7 Å². The molecule has 0 saturated heterocycles. The van der Waals surface area contributed by atoms with E-state index in [1.54, 1.807) is 0 Å². The van der Waals surface area contributed by atoms with E-state index in [4.69, 9.17) is 4.74 Å². The lowest BCUT2D eigenvalue weighted by Crippen LogP contribution is -2.27. The van der Waals surface area contributed by atoms with Crippen LogP contribution >= 0.6 is 0 Å². The summed E-state index contributed by atoms with van der Waals surface area (Å²) in [6.45, 7) is 8.28. The van der Waals surface area contributed by atoms with E-state index in [0.29, 0.717) is 29.6 Å². The van der Waals surface area contributed by atoms with Crippen molar-refractivity contribution < 1.29 is 18.6 Å². The normalized spacial score (nSPS) is 12.8. The van der Waals surface area contributed by atoms with Gasteiger partial charge in [0.2, 0.25) is 5.95 Å². The molecule has 0 fully saturated rings. The van der Waals surface area contributed by atoms with E-state index in [9.17, 15) is 18.7 Å². The number of hydrogen-bond donors (Lipinski definition) is 2. The number of aliphatic hydroxyl groups is 1. The number of nitrogens with zero attached hydrogens (tertiary/aromatic N) is 3. The maximum Gasteiger partial charge on any atom is 0.295 e. The van der Waals surface area contributed by atoms with Crippen molar-refractivity contribution in [3.05, 3.63) is 52.5 Å². The molecule has 30 heavy (non-hydrogen) atoms. The van der Waals surface area contributed by atoms with Crippen LogP contribution in [0.2, 0.25) is 0 Å². The topological polar surface area (TPSA) is 89.3 Å². The van der Waals surface area contributed by atoms with Gasteiger partial charge in [-0.2, -0.15) is 4.98 Å². The first kappa shape index (κ1) is 21.6. The van der Waals surface area contributed by atoms with Crippen LogP contribution in [0.5, 0.6) is 11.5 Å². The largest absolute Gasteiger partial charge is 0.448 e. The lowest BCUT2D eigenvalue weighted by molar-refractivity contribution is 0.173. The Morgan fingerprint density at radius 3 is 2.60 bits per heavy atom. The number of pyridine rings is 1. The van der Waals surface area contributed by atoms with Crippen molar-refractivity contribution in [2.75, 3.05) is 11.9 Å². The summed E-state index contributed by atoms with van der Waals surface area (Å²) in [5.41, 5.74) is -0.305. The number of hydrogen-bond acceptors (Lipinski definition) is 6. The number of fused-ring (bicyclic) bond motifs is 1. The standard InChI is InChI=1S/C21H24F2N4O3/c1-12(28)10-27-18-13(9-24-20(26-18)25-11-21(2,3)4)7-17(19(27)29)30-16-6-5-14(22)8-15(16)23/h5-9,12,28H,10-11H2,1-4H3,(H,24,25,26). The highest BCUT2D eigenvalue weighted by Gasteiger charge is 2.17. The smallest absolute Gasteiger partial charge is 0.295 e. The Hall–Kier alpha value is -3.07. The van der Waals surface area contributed by atoms with Gasteiger partial charge in [-0.25, -0.2) is 13.8 Å². The molecule has 0 amide bonds. The molecule has 0 spiro atoms. The minimum atomic E-state index is -0.936. The van der Waals surface area contributed by atoms with Gasteiger partial charge in [0.25, 0.3) is 5.56 Å². The van der Waals surface area contributed by atoms with Crippen molar-refractivity contribution in [2.24, 2.45) is 5.41 Å². The van der Waals surface area contributed by atoms with E-state index in [1.165, 1.54) is 23.8 Å². The monoisotopic (exact) mass is 418 g/mol. The van der Waals surface area contributed by atoms with Gasteiger partial charge in [0, 0.05) is 24.2 Å². The number of aliphatic hydroxyl groups excluding tert-OH is 1. The molecule has 0 aliphatic heterocycles. The second kappa shape index (κ2) is 8.35. The second-order valence-electron chi connectivity index (χ2n) is 8.34. The van der Waals surface area contributed by atoms with Gasteiger partial charge in [0.05, 0.1) is 12.6 Å². The van der Waals surface area contributed by atoms with Gasteiger partial charge in [-0.05, 0) is 30.5 Å². The van der Waals surface area contributed by atoms with Crippen LogP contribution in [-0.4, -0.2) is 32.3 Å². The van der Waals surface area contributed by atoms with Crippen LogP contribution in [0.1, 0.15) is 27.7 Å². The predicted molar refractivity (Wildman–Crippen MR) is 110 cm³/mol. The van der Waals surface area contributed by atoms with Gasteiger partial charge in [-0.1, -0.05) is 20.8 Å². The molecule has 2 aromatic heterocycles. The maximum atomic E-state index is 14.0. The van der Waals surface area contributed by atoms with Crippen LogP contribution in [0.3, 0.4) is 0 Å². The van der Waals surface area contributed by atoms with Crippen molar-refractivity contribution >= 4 is 17.0 Å². The Morgan fingerprint density at radius 2 is 1.97 bits per heavy atom. The predicted octanol–water partition coefficient (Wildman–Crippen LogP) is 3.70. The Labute approximate surface area is 172 Å². The van der Waals surface area contributed by atoms with E-state index in [1.807, 2.05) is 0 Å². The maximum absolute atomic E-state index is 14.0. The van der Waals surface area contributed by atoms with Gasteiger partial charge in [0.15, 0.2) is 17.3 Å². The molecule has 1 atom stereocenters. The van der Waals surface area contributed by atoms with E-state index in [0.717, 1.165) is 12.1 Å². The SMILES string of the molecule is CC(O)Cn1c(=O)c(Oc2ccc(F)cc2F)cc2cnc(NCC(C)(C)C)nc21. The molecule has 7 nitrogen and oxygen atoms in total. The van der Waals surface area contributed by atoms with Crippen LogP contribution < -0.4 is 15.6 Å². The first-order chi connectivity index (χ1) is 14.0. The number of ether oxygens (including phenoxy) is 1. The van der Waals surface area contributed by atoms with Crippen molar-refractivity contribution in [1.29, 1.82) is 0 Å². The number of anilines is 1. The molecular weight excluding hydrogens is 394 g/mol. The highest BCUT2D eigenvalue weighted by molar-refractivity contribution is 5.77. The van der Waals surface area contributed by atoms with E-state index >= 15 is 0 Å². The summed E-state index contributed by atoms with van der Waals surface area (Å²) in [6, 6.07) is 4.20. The van der Waals surface area contributed by atoms with E-state index in [2.05, 4.69) is 36.1 Å². The molecule has 0 radical (unpaired) electrons. The molecule has 3 rings (SSSR count). The van der Waals surface area contributed by atoms with Crippen molar-refractivity contribution in [3.8, 4) is 11.5 Å². The summed E-state index contributed by atoms with van der Waals surface area (Å²) in [4.78, 5) is 21.7. The molecule has 0 saturated carbocycles. The molecule has 0 aliphatic carbocycles. The fourth-order valence-electron chi connectivity index (χ4n) is 2.74. The van der Waals surface area contributed by atoms with Crippen molar-refractivity contribution in [3.63, 3.8) is 0 Å². The summed E-state index contributed by atoms with van der Waals surface area (Å²) in [7, 11) is 0. The number of aromatic nitrogens is 3. The van der Waals surface area contributed by atoms with Gasteiger partial charge in [-0.3, -0.25) is 9.36 Å². The number of rotatable bonds is 6. The molecule has 160 valence electrons. The molecule has 2 N–H and O–H groups in total. The van der Waals surface area contributed by atoms with Gasteiger partial charge < -0.3 is 15.2 Å². The minimum Gasteiger partial charge on any atom is -0.448 e. The fraction of sp³-hybridized carbons (Fsp3) is 0.381. The number of benzene rings is 1. The molecule has 1 unspecified atom stereocenters. The summed E-state index contributed by atoms with van der Waals surface area (Å²) >= 11 is 0. The van der Waals surface area contributed by atoms with Gasteiger partial charge >= 0.3 is 0 Å². The number of halogens is 2. The quantitative estimate of drug-likeness (QED) is 0.635. The summed E-state index contributed by atoms with van der Waals surface area (Å²) in [6.07, 6.45) is 0.670. The summed E-state index contributed by atoms with van der Waals surface area (Å²) in [5, 5.41) is 13.5. The Bertz CT molecular complexity index is 1120. The molecule has 1 aromatic carbocycles. The summed E-state index contributed by atoms with van der Waals surface area (Å²) < 4.78 is 33.8. The zero-order valence-electron chi connectivity index (χ0n) is 17.2. The van der Waals surface area contributed by atoms with E-state index in [-0.39, 0.29) is 23.5 Å². The third kappa shape index (κ3) is 5.10. The molecule has 0 bridgehead atoms. The zero-order valence-corrected chi connectivity index (χ0v) is 17.2.